The number of amidine groups is 1. The van der Waals surface area contributed by atoms with E-state index < -0.39 is 5.97 Å². The summed E-state index contributed by atoms with van der Waals surface area (Å²) in [4.78, 5) is 31.2. The van der Waals surface area contributed by atoms with Crippen LogP contribution in [-0.4, -0.2) is 50.4 Å². The normalized spacial score (nSPS) is 10.9. The molecule has 0 bridgehead atoms. The minimum absolute atomic E-state index is 0.0442. The van der Waals surface area contributed by atoms with E-state index in [1.54, 1.807) is 28.8 Å². The first-order chi connectivity index (χ1) is 15.3. The van der Waals surface area contributed by atoms with E-state index in [4.69, 9.17) is 21.2 Å². The number of amides is 1. The van der Waals surface area contributed by atoms with Gasteiger partial charge in [0.15, 0.2) is 0 Å². The summed E-state index contributed by atoms with van der Waals surface area (Å²) in [6, 6.07) is 12.9. The Hall–Kier alpha value is -3.33. The highest BCUT2D eigenvalue weighted by molar-refractivity contribution is 7.98. The van der Waals surface area contributed by atoms with E-state index in [2.05, 4.69) is 0 Å². The second-order valence-corrected chi connectivity index (χ2v) is 8.50. The fourth-order valence-electron chi connectivity index (χ4n) is 3.39. The van der Waals surface area contributed by atoms with Gasteiger partial charge in [0.2, 0.25) is 0 Å². The van der Waals surface area contributed by atoms with Crippen LogP contribution in [0, 0.1) is 5.41 Å². The Bertz CT molecular complexity index is 1140. The van der Waals surface area contributed by atoms with Crippen molar-refractivity contribution in [3.8, 4) is 0 Å². The van der Waals surface area contributed by atoms with Crippen molar-refractivity contribution in [3.63, 3.8) is 0 Å². The van der Waals surface area contributed by atoms with Crippen LogP contribution in [-0.2, 0) is 17.6 Å². The number of nitrogen functional groups attached to an aromatic ring is 1. The van der Waals surface area contributed by atoms with Crippen molar-refractivity contribution in [1.29, 1.82) is 5.41 Å². The van der Waals surface area contributed by atoms with Crippen LogP contribution in [0.2, 0.25) is 0 Å². The zero-order chi connectivity index (χ0) is 23.3. The summed E-state index contributed by atoms with van der Waals surface area (Å²) in [5.74, 6) is 0.470. The lowest BCUT2D eigenvalue weighted by Gasteiger charge is -2.21. The molecule has 0 unspecified atom stereocenters. The fraction of sp³-hybridized carbons (Fsp3) is 0.304. The molecule has 3 rings (SSSR count). The Kier molecular flexibility index (Phi) is 7.53. The predicted octanol–water partition coefficient (Wildman–Crippen LogP) is 3.48. The van der Waals surface area contributed by atoms with Crippen LogP contribution >= 0.6 is 11.8 Å². The summed E-state index contributed by atoms with van der Waals surface area (Å²) in [5.41, 5.74) is 8.36. The molecular formula is C23H27N5O3S. The summed E-state index contributed by atoms with van der Waals surface area (Å²) in [5, 5.41) is 16.4. The fourth-order valence-corrected chi connectivity index (χ4v) is 4.27. The minimum Gasteiger partial charge on any atom is -0.481 e. The van der Waals surface area contributed by atoms with E-state index in [1.807, 2.05) is 48.9 Å². The molecule has 8 nitrogen and oxygen atoms in total. The van der Waals surface area contributed by atoms with Crippen LogP contribution in [0.15, 0.2) is 47.4 Å². The number of thioether (sulfide) groups is 1. The number of benzene rings is 2. The van der Waals surface area contributed by atoms with Crippen molar-refractivity contribution >= 4 is 40.5 Å². The standard InChI is InChI=1S/C23H27N5O3S/c1-3-11-28(12-10-21(29)30)23(31)16-6-9-19-18(13-16)26-20(27(19)2)14-32-17-7-4-15(5-8-17)22(24)25/h4-9,13H,3,10-12,14H2,1-2H3,(H3,24,25)(H,29,30). The Morgan fingerprint density at radius 1 is 1.16 bits per heavy atom. The van der Waals surface area contributed by atoms with Crippen LogP contribution < -0.4 is 5.73 Å². The lowest BCUT2D eigenvalue weighted by Crippen LogP contribution is -2.33. The molecule has 1 heterocycles. The van der Waals surface area contributed by atoms with Gasteiger partial charge in [-0.25, -0.2) is 4.98 Å². The molecule has 0 saturated heterocycles. The first-order valence-electron chi connectivity index (χ1n) is 10.3. The van der Waals surface area contributed by atoms with Crippen molar-refractivity contribution < 1.29 is 14.7 Å². The van der Waals surface area contributed by atoms with Gasteiger partial charge in [0.05, 0.1) is 23.2 Å². The smallest absolute Gasteiger partial charge is 0.305 e. The monoisotopic (exact) mass is 453 g/mol. The second kappa shape index (κ2) is 10.3. The molecule has 0 saturated carbocycles. The average Bonchev–Trinajstić information content (AvgIpc) is 3.09. The lowest BCUT2D eigenvalue weighted by atomic mass is 10.1. The third-order valence-corrected chi connectivity index (χ3v) is 6.14. The molecule has 3 aromatic rings. The molecule has 9 heteroatoms. The predicted molar refractivity (Wildman–Crippen MR) is 126 cm³/mol. The van der Waals surface area contributed by atoms with E-state index in [0.29, 0.717) is 23.4 Å². The van der Waals surface area contributed by atoms with Crippen molar-refractivity contribution in [2.45, 2.75) is 30.4 Å². The van der Waals surface area contributed by atoms with Crippen molar-refractivity contribution in [3.05, 3.63) is 59.4 Å². The quantitative estimate of drug-likeness (QED) is 0.245. The zero-order valence-corrected chi connectivity index (χ0v) is 19.0. The Balaban J connectivity index is 1.76. The highest BCUT2D eigenvalue weighted by atomic mass is 32.2. The number of nitrogens with one attached hydrogen (secondary N) is 1. The molecule has 0 aliphatic carbocycles. The van der Waals surface area contributed by atoms with Crippen LogP contribution in [0.5, 0.6) is 0 Å². The highest BCUT2D eigenvalue weighted by Crippen LogP contribution is 2.25. The highest BCUT2D eigenvalue weighted by Gasteiger charge is 2.18. The first-order valence-corrected chi connectivity index (χ1v) is 11.3. The number of imidazole rings is 1. The van der Waals surface area contributed by atoms with E-state index in [9.17, 15) is 9.59 Å². The third kappa shape index (κ3) is 5.47. The molecule has 0 fully saturated rings. The summed E-state index contributed by atoms with van der Waals surface area (Å²) >= 11 is 1.63. The van der Waals surface area contributed by atoms with Crippen molar-refractivity contribution in [2.24, 2.45) is 12.8 Å². The molecule has 4 N–H and O–H groups in total. The van der Waals surface area contributed by atoms with E-state index in [-0.39, 0.29) is 24.7 Å². The van der Waals surface area contributed by atoms with Crippen molar-refractivity contribution in [2.75, 3.05) is 13.1 Å². The number of fused-ring (bicyclic) bond motifs is 1. The van der Waals surface area contributed by atoms with Gasteiger partial charge in [-0.2, -0.15) is 0 Å². The van der Waals surface area contributed by atoms with Crippen LogP contribution in [0.3, 0.4) is 0 Å². The maximum absolute atomic E-state index is 12.9. The molecule has 1 amide bonds. The van der Waals surface area contributed by atoms with Crippen LogP contribution in [0.25, 0.3) is 11.0 Å². The number of aryl methyl sites for hydroxylation is 1. The SMILES string of the molecule is CCCN(CCC(=O)O)C(=O)c1ccc2c(c1)nc(CSc1ccc(C(=N)N)cc1)n2C. The van der Waals surface area contributed by atoms with Gasteiger partial charge in [0.1, 0.15) is 11.7 Å². The Morgan fingerprint density at radius 3 is 2.47 bits per heavy atom. The molecule has 0 aliphatic heterocycles. The van der Waals surface area contributed by atoms with E-state index in [1.165, 1.54) is 0 Å². The molecule has 0 spiro atoms. The topological polar surface area (TPSA) is 125 Å². The van der Waals surface area contributed by atoms with Gasteiger partial charge in [0, 0.05) is 36.2 Å². The van der Waals surface area contributed by atoms with Crippen LogP contribution in [0.1, 0.15) is 41.5 Å². The number of carboxylic acids is 1. The number of carboxylic acid groups (broad SMARTS) is 1. The number of nitrogens with zero attached hydrogens (tertiary/aromatic N) is 3. The molecule has 0 radical (unpaired) electrons. The lowest BCUT2D eigenvalue weighted by molar-refractivity contribution is -0.137. The number of hydrogen-bond acceptors (Lipinski definition) is 5. The Labute approximate surface area is 190 Å². The molecule has 32 heavy (non-hydrogen) atoms. The number of nitrogens with two attached hydrogens (primary N) is 1. The maximum atomic E-state index is 12.9. The third-order valence-electron chi connectivity index (χ3n) is 5.13. The molecule has 168 valence electrons. The summed E-state index contributed by atoms with van der Waals surface area (Å²) in [7, 11) is 1.95. The Morgan fingerprint density at radius 2 is 1.84 bits per heavy atom. The number of hydrogen-bond donors (Lipinski definition) is 3. The number of rotatable bonds is 10. The van der Waals surface area contributed by atoms with Gasteiger partial charge < -0.3 is 20.3 Å². The van der Waals surface area contributed by atoms with Crippen LogP contribution in [0.4, 0.5) is 0 Å². The number of aromatic nitrogens is 2. The number of carbonyl (C=O) groups excluding carboxylic acids is 1. The zero-order valence-electron chi connectivity index (χ0n) is 18.2. The summed E-state index contributed by atoms with van der Waals surface area (Å²) in [6.45, 7) is 2.66. The van der Waals surface area contributed by atoms with Gasteiger partial charge in [0.25, 0.3) is 5.91 Å². The summed E-state index contributed by atoms with van der Waals surface area (Å²) < 4.78 is 2.01. The molecular weight excluding hydrogens is 426 g/mol. The second-order valence-electron chi connectivity index (χ2n) is 7.45. The maximum Gasteiger partial charge on any atom is 0.305 e. The molecule has 0 atom stereocenters. The number of carbonyl (C=O) groups is 2. The largest absolute Gasteiger partial charge is 0.481 e. The van der Waals surface area contributed by atoms with Crippen molar-refractivity contribution in [1.82, 2.24) is 14.5 Å². The molecule has 0 aliphatic rings. The van der Waals surface area contributed by atoms with Gasteiger partial charge in [-0.05, 0) is 36.8 Å². The van der Waals surface area contributed by atoms with Gasteiger partial charge in [-0.1, -0.05) is 19.1 Å². The minimum atomic E-state index is -0.919. The molecule has 1 aromatic heterocycles. The number of aliphatic carboxylic acids is 1. The first kappa shape index (κ1) is 23.3. The average molecular weight is 454 g/mol. The van der Waals surface area contributed by atoms with Gasteiger partial charge in [-0.15, -0.1) is 11.8 Å². The van der Waals surface area contributed by atoms with Gasteiger partial charge in [-0.3, -0.25) is 15.0 Å². The molecule has 2 aromatic carbocycles. The van der Waals surface area contributed by atoms with Gasteiger partial charge >= 0.3 is 5.97 Å². The summed E-state index contributed by atoms with van der Waals surface area (Å²) in [6.07, 6.45) is 0.679. The van der Waals surface area contributed by atoms with E-state index in [0.717, 1.165) is 28.2 Å². The van der Waals surface area contributed by atoms with E-state index >= 15 is 0 Å².